The summed E-state index contributed by atoms with van der Waals surface area (Å²) in [7, 11) is 0. The minimum atomic E-state index is -0.246. The van der Waals surface area contributed by atoms with E-state index in [-0.39, 0.29) is 18.3 Å². The monoisotopic (exact) mass is 296 g/mol. The normalized spacial score (nSPS) is 13.1. The molecule has 0 N–H and O–H groups in total. The lowest BCUT2D eigenvalue weighted by molar-refractivity contribution is -0.142. The Labute approximate surface area is 128 Å². The van der Waals surface area contributed by atoms with Gasteiger partial charge in [0.2, 0.25) is 0 Å². The molecule has 0 saturated carbocycles. The summed E-state index contributed by atoms with van der Waals surface area (Å²) in [6.07, 6.45) is 1.93. The molecule has 0 bridgehead atoms. The Bertz CT molecular complexity index is 710. The van der Waals surface area contributed by atoms with Crippen LogP contribution in [0.1, 0.15) is 28.5 Å². The molecule has 5 heteroatoms. The summed E-state index contributed by atoms with van der Waals surface area (Å²) in [5, 5.41) is 0. The standard InChI is InChI=1S/C17H16N2O3/c1-2-22-16(20)10-12-5-7-13(8-6-12)19-11-15-14(17(19)21)4-3-9-18-15/h3-9H,2,10-11H2,1H3. The highest BCUT2D eigenvalue weighted by Gasteiger charge is 2.29. The number of benzene rings is 1. The Balaban J connectivity index is 1.75. The number of carbonyl (C=O) groups is 2. The van der Waals surface area contributed by atoms with Gasteiger partial charge in [0.05, 0.1) is 30.8 Å². The Morgan fingerprint density at radius 3 is 2.73 bits per heavy atom. The van der Waals surface area contributed by atoms with Crippen molar-refractivity contribution in [3.63, 3.8) is 0 Å². The van der Waals surface area contributed by atoms with Crippen LogP contribution in [0, 0.1) is 0 Å². The summed E-state index contributed by atoms with van der Waals surface area (Å²) >= 11 is 0. The smallest absolute Gasteiger partial charge is 0.310 e. The summed E-state index contributed by atoms with van der Waals surface area (Å²) < 4.78 is 4.92. The highest BCUT2D eigenvalue weighted by molar-refractivity contribution is 6.09. The Kier molecular flexibility index (Phi) is 3.87. The van der Waals surface area contributed by atoms with Gasteiger partial charge in [-0.25, -0.2) is 0 Å². The van der Waals surface area contributed by atoms with E-state index in [1.165, 1.54) is 0 Å². The second-order valence-corrected chi connectivity index (χ2v) is 5.04. The second-order valence-electron chi connectivity index (χ2n) is 5.04. The minimum absolute atomic E-state index is 0.0405. The Hall–Kier alpha value is -2.69. The van der Waals surface area contributed by atoms with E-state index >= 15 is 0 Å². The molecule has 1 amide bonds. The van der Waals surface area contributed by atoms with Gasteiger partial charge in [0.1, 0.15) is 0 Å². The number of amides is 1. The highest BCUT2D eigenvalue weighted by Crippen LogP contribution is 2.27. The number of ether oxygens (including phenoxy) is 1. The third-order valence-electron chi connectivity index (χ3n) is 3.58. The van der Waals surface area contributed by atoms with E-state index in [2.05, 4.69) is 4.98 Å². The van der Waals surface area contributed by atoms with Crippen molar-refractivity contribution in [3.05, 3.63) is 59.4 Å². The number of nitrogens with zero attached hydrogens (tertiary/aromatic N) is 2. The number of rotatable bonds is 4. The number of esters is 1. The molecule has 1 aromatic heterocycles. The van der Waals surface area contributed by atoms with Gasteiger partial charge in [0.15, 0.2) is 0 Å². The van der Waals surface area contributed by atoms with Crippen molar-refractivity contribution in [2.75, 3.05) is 11.5 Å². The van der Waals surface area contributed by atoms with Crippen LogP contribution in [0.2, 0.25) is 0 Å². The summed E-state index contributed by atoms with van der Waals surface area (Å²) in [6.45, 7) is 2.64. The zero-order valence-corrected chi connectivity index (χ0v) is 12.3. The van der Waals surface area contributed by atoms with Crippen molar-refractivity contribution in [2.24, 2.45) is 0 Å². The molecular formula is C17H16N2O3. The molecule has 0 spiro atoms. The van der Waals surface area contributed by atoms with Crippen LogP contribution in [0.25, 0.3) is 0 Å². The van der Waals surface area contributed by atoms with Crippen molar-refractivity contribution in [1.82, 2.24) is 4.98 Å². The van der Waals surface area contributed by atoms with E-state index in [1.807, 2.05) is 24.3 Å². The number of fused-ring (bicyclic) bond motifs is 1. The van der Waals surface area contributed by atoms with Crippen molar-refractivity contribution in [2.45, 2.75) is 19.9 Å². The number of aromatic nitrogens is 1. The third kappa shape index (κ3) is 2.70. The molecule has 0 saturated heterocycles. The van der Waals surface area contributed by atoms with Crippen molar-refractivity contribution >= 4 is 17.6 Å². The van der Waals surface area contributed by atoms with Crippen LogP contribution in [-0.2, 0) is 22.5 Å². The fraction of sp³-hybridized carbons (Fsp3) is 0.235. The van der Waals surface area contributed by atoms with Crippen LogP contribution < -0.4 is 4.90 Å². The van der Waals surface area contributed by atoms with Crippen LogP contribution in [0.15, 0.2) is 42.6 Å². The predicted octanol–water partition coefficient (Wildman–Crippen LogP) is 2.35. The second kappa shape index (κ2) is 5.97. The maximum atomic E-state index is 12.4. The first-order valence-electron chi connectivity index (χ1n) is 7.19. The van der Waals surface area contributed by atoms with Gasteiger partial charge in [0, 0.05) is 11.9 Å². The molecule has 1 aliphatic heterocycles. The highest BCUT2D eigenvalue weighted by atomic mass is 16.5. The average molecular weight is 296 g/mol. The van der Waals surface area contributed by atoms with Gasteiger partial charge in [-0.05, 0) is 36.8 Å². The molecule has 0 atom stereocenters. The van der Waals surface area contributed by atoms with Gasteiger partial charge in [-0.15, -0.1) is 0 Å². The Morgan fingerprint density at radius 2 is 2.05 bits per heavy atom. The van der Waals surface area contributed by atoms with E-state index in [9.17, 15) is 9.59 Å². The van der Waals surface area contributed by atoms with Crippen LogP contribution in [0.5, 0.6) is 0 Å². The number of anilines is 1. The first kappa shape index (κ1) is 14.3. The molecule has 1 aromatic carbocycles. The molecule has 0 radical (unpaired) electrons. The fourth-order valence-corrected chi connectivity index (χ4v) is 2.51. The van der Waals surface area contributed by atoms with Gasteiger partial charge in [-0.2, -0.15) is 0 Å². The molecule has 1 aliphatic rings. The van der Waals surface area contributed by atoms with Crippen molar-refractivity contribution < 1.29 is 14.3 Å². The van der Waals surface area contributed by atoms with E-state index in [0.717, 1.165) is 16.9 Å². The minimum Gasteiger partial charge on any atom is -0.466 e. The quantitative estimate of drug-likeness (QED) is 0.813. The van der Waals surface area contributed by atoms with Gasteiger partial charge >= 0.3 is 5.97 Å². The number of carbonyl (C=O) groups excluding carboxylic acids is 2. The van der Waals surface area contributed by atoms with Gasteiger partial charge in [-0.1, -0.05) is 12.1 Å². The lowest BCUT2D eigenvalue weighted by Gasteiger charge is -2.15. The molecule has 112 valence electrons. The zero-order chi connectivity index (χ0) is 15.5. The summed E-state index contributed by atoms with van der Waals surface area (Å²) in [6, 6.07) is 10.9. The van der Waals surface area contributed by atoms with Crippen molar-refractivity contribution in [3.8, 4) is 0 Å². The van der Waals surface area contributed by atoms with E-state index < -0.39 is 0 Å². The van der Waals surface area contributed by atoms with E-state index in [1.54, 1.807) is 30.2 Å². The molecule has 0 unspecified atom stereocenters. The average Bonchev–Trinajstić information content (AvgIpc) is 2.86. The first-order chi connectivity index (χ1) is 10.7. The summed E-state index contributed by atoms with van der Waals surface area (Å²) in [5.41, 5.74) is 3.11. The molecular weight excluding hydrogens is 280 g/mol. The molecule has 22 heavy (non-hydrogen) atoms. The lowest BCUT2D eigenvalue weighted by atomic mass is 10.1. The maximum absolute atomic E-state index is 12.4. The SMILES string of the molecule is CCOC(=O)Cc1ccc(N2Cc3ncccc3C2=O)cc1. The van der Waals surface area contributed by atoms with Crippen LogP contribution >= 0.6 is 0 Å². The van der Waals surface area contributed by atoms with Crippen LogP contribution in [-0.4, -0.2) is 23.5 Å². The largest absolute Gasteiger partial charge is 0.466 e. The summed E-state index contributed by atoms with van der Waals surface area (Å²) in [4.78, 5) is 29.7. The predicted molar refractivity (Wildman–Crippen MR) is 81.5 cm³/mol. The molecule has 2 heterocycles. The van der Waals surface area contributed by atoms with Gasteiger partial charge < -0.3 is 9.64 Å². The fourth-order valence-electron chi connectivity index (χ4n) is 2.51. The van der Waals surface area contributed by atoms with Crippen molar-refractivity contribution in [1.29, 1.82) is 0 Å². The van der Waals surface area contributed by atoms with Crippen LogP contribution in [0.3, 0.4) is 0 Å². The molecule has 0 fully saturated rings. The maximum Gasteiger partial charge on any atom is 0.310 e. The number of hydrogen-bond donors (Lipinski definition) is 0. The number of pyridine rings is 1. The van der Waals surface area contributed by atoms with Crippen LogP contribution in [0.4, 0.5) is 5.69 Å². The third-order valence-corrected chi connectivity index (χ3v) is 3.58. The topological polar surface area (TPSA) is 59.5 Å². The molecule has 5 nitrogen and oxygen atoms in total. The molecule has 0 aliphatic carbocycles. The lowest BCUT2D eigenvalue weighted by Crippen LogP contribution is -2.22. The zero-order valence-electron chi connectivity index (χ0n) is 12.3. The Morgan fingerprint density at radius 1 is 1.27 bits per heavy atom. The van der Waals surface area contributed by atoms with Gasteiger partial charge in [0.25, 0.3) is 5.91 Å². The molecule has 2 aromatic rings. The summed E-state index contributed by atoms with van der Waals surface area (Å²) in [5.74, 6) is -0.287. The van der Waals surface area contributed by atoms with E-state index in [0.29, 0.717) is 18.7 Å². The molecule has 3 rings (SSSR count). The first-order valence-corrected chi connectivity index (χ1v) is 7.19. The van der Waals surface area contributed by atoms with E-state index in [4.69, 9.17) is 4.74 Å². The van der Waals surface area contributed by atoms with Gasteiger partial charge in [-0.3, -0.25) is 14.6 Å². The number of hydrogen-bond acceptors (Lipinski definition) is 4.